The molecule has 0 radical (unpaired) electrons. The molecule has 10 rings (SSSR count). The molecule has 7 aromatic carbocycles. The van der Waals surface area contributed by atoms with E-state index >= 15 is 0 Å². The van der Waals surface area contributed by atoms with Crippen LogP contribution in [-0.4, -0.2) is 9.97 Å². The molecule has 0 bridgehead atoms. The lowest BCUT2D eigenvalue weighted by molar-refractivity contribution is 0.672. The van der Waals surface area contributed by atoms with E-state index < -0.39 is 0 Å². The van der Waals surface area contributed by atoms with E-state index in [0.29, 0.717) is 5.82 Å². The van der Waals surface area contributed by atoms with Crippen molar-refractivity contribution in [3.05, 3.63) is 187 Å². The fourth-order valence-electron chi connectivity index (χ4n) is 7.57. The first kappa shape index (κ1) is 29.3. The van der Waals surface area contributed by atoms with E-state index in [1.807, 2.05) is 24.3 Å². The van der Waals surface area contributed by atoms with Crippen LogP contribution in [0.4, 0.5) is 0 Å². The van der Waals surface area contributed by atoms with Crippen LogP contribution in [0.1, 0.15) is 23.5 Å². The van der Waals surface area contributed by atoms with Crippen molar-refractivity contribution < 1.29 is 4.42 Å². The van der Waals surface area contributed by atoms with Crippen LogP contribution in [0.25, 0.3) is 83.0 Å². The fraction of sp³-hybridized carbons (Fsp3) is 0.0417. The molecule has 1 aliphatic rings. The Labute approximate surface area is 295 Å². The van der Waals surface area contributed by atoms with Crippen molar-refractivity contribution in [1.82, 2.24) is 9.97 Å². The number of hydrogen-bond acceptors (Lipinski definition) is 3. The number of nitrogens with zero attached hydrogens (tertiary/aromatic N) is 2. The summed E-state index contributed by atoms with van der Waals surface area (Å²) in [5.41, 5.74) is 10.5. The topological polar surface area (TPSA) is 38.9 Å². The van der Waals surface area contributed by atoms with Crippen LogP contribution in [0.2, 0.25) is 0 Å². The number of rotatable bonds is 5. The van der Waals surface area contributed by atoms with Crippen molar-refractivity contribution in [3.8, 4) is 33.9 Å². The Hall–Kier alpha value is -6.58. The third-order valence-corrected chi connectivity index (χ3v) is 10.2. The van der Waals surface area contributed by atoms with Gasteiger partial charge in [0.25, 0.3) is 0 Å². The molecule has 3 nitrogen and oxygen atoms in total. The molecule has 2 aromatic heterocycles. The Morgan fingerprint density at radius 2 is 1.24 bits per heavy atom. The Bertz CT molecular complexity index is 2770. The van der Waals surface area contributed by atoms with Gasteiger partial charge in [0, 0.05) is 38.8 Å². The van der Waals surface area contributed by atoms with Gasteiger partial charge in [0.15, 0.2) is 5.82 Å². The van der Waals surface area contributed by atoms with Gasteiger partial charge < -0.3 is 4.42 Å². The van der Waals surface area contributed by atoms with Crippen molar-refractivity contribution in [2.75, 3.05) is 0 Å². The maximum absolute atomic E-state index is 6.63. The first-order valence-electron chi connectivity index (χ1n) is 17.5. The molecule has 0 spiro atoms. The maximum atomic E-state index is 6.63. The quantitative estimate of drug-likeness (QED) is 0.186. The van der Waals surface area contributed by atoms with Crippen LogP contribution in [0.5, 0.6) is 0 Å². The molecule has 1 unspecified atom stereocenters. The second-order valence-corrected chi connectivity index (χ2v) is 13.3. The van der Waals surface area contributed by atoms with E-state index in [4.69, 9.17) is 14.4 Å². The summed E-state index contributed by atoms with van der Waals surface area (Å²) < 4.78 is 6.63. The minimum Gasteiger partial charge on any atom is -0.455 e. The van der Waals surface area contributed by atoms with E-state index in [-0.39, 0.29) is 5.92 Å². The van der Waals surface area contributed by atoms with E-state index in [0.717, 1.165) is 67.2 Å². The number of furan rings is 1. The van der Waals surface area contributed by atoms with Crippen LogP contribution in [-0.2, 0) is 0 Å². The van der Waals surface area contributed by atoms with Gasteiger partial charge in [-0.3, -0.25) is 0 Å². The van der Waals surface area contributed by atoms with E-state index in [2.05, 4.69) is 152 Å². The molecular weight excluding hydrogens is 621 g/mol. The van der Waals surface area contributed by atoms with Crippen LogP contribution in [0.15, 0.2) is 180 Å². The Morgan fingerprint density at radius 1 is 0.510 bits per heavy atom. The molecular formula is C48H32N2O. The summed E-state index contributed by atoms with van der Waals surface area (Å²) in [6, 6.07) is 55.4. The molecule has 0 saturated heterocycles. The van der Waals surface area contributed by atoms with E-state index in [9.17, 15) is 0 Å². The molecule has 51 heavy (non-hydrogen) atoms. The van der Waals surface area contributed by atoms with Crippen molar-refractivity contribution in [2.24, 2.45) is 0 Å². The summed E-state index contributed by atoms with van der Waals surface area (Å²) in [6.45, 7) is 0. The normalized spacial score (nSPS) is 14.4. The van der Waals surface area contributed by atoms with Crippen molar-refractivity contribution in [3.63, 3.8) is 0 Å². The molecule has 2 heterocycles. The average Bonchev–Trinajstić information content (AvgIpc) is 3.59. The van der Waals surface area contributed by atoms with Gasteiger partial charge in [-0.2, -0.15) is 0 Å². The molecule has 240 valence electrons. The van der Waals surface area contributed by atoms with Gasteiger partial charge in [0.05, 0.1) is 11.4 Å². The molecule has 0 aliphatic heterocycles. The highest BCUT2D eigenvalue weighted by Gasteiger charge is 2.20. The minimum atomic E-state index is 0.284. The number of hydrogen-bond donors (Lipinski definition) is 0. The second-order valence-electron chi connectivity index (χ2n) is 13.3. The SMILES string of the molecule is C1=CC(c2ccc3oc4c5ccccc5c(-c5cc(-c6ccccc6)nc(-c6ccccc6)n5)cc4c3c2)CC=C1c1ccc2ccccc2c1. The average molecular weight is 653 g/mol. The molecule has 9 aromatic rings. The van der Waals surface area contributed by atoms with Crippen LogP contribution in [0, 0.1) is 0 Å². The number of allylic oxidation sites excluding steroid dienone is 4. The predicted octanol–water partition coefficient (Wildman–Crippen LogP) is 12.8. The van der Waals surface area contributed by atoms with Crippen LogP contribution in [0.3, 0.4) is 0 Å². The lowest BCUT2D eigenvalue weighted by Crippen LogP contribution is -1.98. The van der Waals surface area contributed by atoms with Gasteiger partial charge >= 0.3 is 0 Å². The summed E-state index contributed by atoms with van der Waals surface area (Å²) in [5, 5.41) is 6.92. The predicted molar refractivity (Wildman–Crippen MR) is 212 cm³/mol. The van der Waals surface area contributed by atoms with Crippen LogP contribution >= 0.6 is 0 Å². The molecule has 1 atom stereocenters. The minimum absolute atomic E-state index is 0.284. The summed E-state index contributed by atoms with van der Waals surface area (Å²) in [7, 11) is 0. The first-order valence-corrected chi connectivity index (χ1v) is 17.5. The zero-order chi connectivity index (χ0) is 33.7. The smallest absolute Gasteiger partial charge is 0.160 e. The standard InChI is InChI=1S/C48H32N2O/c1-3-12-34(13-4-1)44-30-45(50-48(49-44)35-14-5-2-6-15-35)41-29-43-42-28-38(25-26-46(42)51-47(43)40-18-10-9-17-39(40)41)33-21-19-32(20-22-33)37-24-23-31-11-7-8-16-36(31)27-37/h1-21,23-30,33H,22H2. The van der Waals surface area contributed by atoms with Gasteiger partial charge in [0.1, 0.15) is 11.2 Å². The maximum Gasteiger partial charge on any atom is 0.160 e. The van der Waals surface area contributed by atoms with Crippen molar-refractivity contribution in [1.29, 1.82) is 0 Å². The van der Waals surface area contributed by atoms with Crippen LogP contribution < -0.4 is 0 Å². The summed E-state index contributed by atoms with van der Waals surface area (Å²) in [6.07, 6.45) is 7.96. The molecule has 0 N–H and O–H groups in total. The number of benzene rings is 7. The van der Waals surface area contributed by atoms with E-state index in [1.165, 1.54) is 27.5 Å². The number of fused-ring (bicyclic) bond motifs is 6. The zero-order valence-electron chi connectivity index (χ0n) is 27.8. The molecule has 0 fully saturated rings. The number of aromatic nitrogens is 2. The van der Waals surface area contributed by atoms with Gasteiger partial charge in [-0.25, -0.2) is 9.97 Å². The lowest BCUT2D eigenvalue weighted by Gasteiger charge is -2.17. The molecule has 3 heteroatoms. The second kappa shape index (κ2) is 12.1. The van der Waals surface area contributed by atoms with Gasteiger partial charge in [-0.15, -0.1) is 0 Å². The highest BCUT2D eigenvalue weighted by molar-refractivity contribution is 6.19. The summed E-state index contributed by atoms with van der Waals surface area (Å²) >= 11 is 0. The summed E-state index contributed by atoms with van der Waals surface area (Å²) in [4.78, 5) is 10.2. The Morgan fingerprint density at radius 3 is 2.04 bits per heavy atom. The Kier molecular flexibility index (Phi) is 6.95. The third-order valence-electron chi connectivity index (χ3n) is 10.2. The molecule has 0 saturated carbocycles. The van der Waals surface area contributed by atoms with Gasteiger partial charge in [-0.1, -0.05) is 146 Å². The molecule has 0 amide bonds. The zero-order valence-corrected chi connectivity index (χ0v) is 27.8. The van der Waals surface area contributed by atoms with Crippen molar-refractivity contribution >= 4 is 49.1 Å². The fourth-order valence-corrected chi connectivity index (χ4v) is 7.57. The first-order chi connectivity index (χ1) is 25.2. The van der Waals surface area contributed by atoms with E-state index in [1.54, 1.807) is 0 Å². The third kappa shape index (κ3) is 5.22. The summed E-state index contributed by atoms with van der Waals surface area (Å²) in [5.74, 6) is 0.989. The largest absolute Gasteiger partial charge is 0.455 e. The lowest BCUT2D eigenvalue weighted by atomic mass is 9.87. The molecule has 1 aliphatic carbocycles. The van der Waals surface area contributed by atoms with Crippen molar-refractivity contribution in [2.45, 2.75) is 12.3 Å². The Balaban J connectivity index is 1.09. The monoisotopic (exact) mass is 652 g/mol. The highest BCUT2D eigenvalue weighted by Crippen LogP contribution is 2.42. The van der Waals surface area contributed by atoms with Gasteiger partial charge in [-0.05, 0) is 69.6 Å². The van der Waals surface area contributed by atoms with Gasteiger partial charge in [0.2, 0.25) is 0 Å². The highest BCUT2D eigenvalue weighted by atomic mass is 16.3.